The molecular weight excluding hydrogens is 208 g/mol. The van der Waals surface area contributed by atoms with Crippen LogP contribution in [0.5, 0.6) is 0 Å². The molecule has 0 aromatic carbocycles. The summed E-state index contributed by atoms with van der Waals surface area (Å²) in [6.07, 6.45) is 4.87. The van der Waals surface area contributed by atoms with E-state index in [1.807, 2.05) is 19.1 Å². The van der Waals surface area contributed by atoms with E-state index in [1.165, 1.54) is 14.2 Å². The van der Waals surface area contributed by atoms with Gasteiger partial charge in [0.15, 0.2) is 0 Å². The van der Waals surface area contributed by atoms with Gasteiger partial charge < -0.3 is 9.47 Å². The zero-order valence-corrected chi connectivity index (χ0v) is 9.73. The van der Waals surface area contributed by atoms with Crippen molar-refractivity contribution in [3.63, 3.8) is 0 Å². The van der Waals surface area contributed by atoms with Crippen LogP contribution in [0.3, 0.4) is 0 Å². The fourth-order valence-corrected chi connectivity index (χ4v) is 3.11. The molecule has 0 heterocycles. The van der Waals surface area contributed by atoms with Crippen LogP contribution in [-0.2, 0) is 19.1 Å². The van der Waals surface area contributed by atoms with Crippen molar-refractivity contribution in [2.24, 2.45) is 23.2 Å². The Kier molecular flexibility index (Phi) is 2.52. The third-order valence-electron chi connectivity index (χ3n) is 3.86. The van der Waals surface area contributed by atoms with E-state index in [-0.39, 0.29) is 29.2 Å². The predicted molar refractivity (Wildman–Crippen MR) is 56.4 cm³/mol. The Morgan fingerprint density at radius 3 is 2.44 bits per heavy atom. The highest BCUT2D eigenvalue weighted by atomic mass is 16.5. The van der Waals surface area contributed by atoms with Crippen LogP contribution in [0.1, 0.15) is 13.3 Å². The minimum absolute atomic E-state index is 0.113. The van der Waals surface area contributed by atoms with Crippen molar-refractivity contribution in [3.8, 4) is 0 Å². The maximum Gasteiger partial charge on any atom is 0.310 e. The van der Waals surface area contributed by atoms with E-state index in [0.717, 1.165) is 6.42 Å². The molecule has 0 spiro atoms. The number of ether oxygens (including phenoxy) is 2. The van der Waals surface area contributed by atoms with Gasteiger partial charge in [-0.3, -0.25) is 9.59 Å². The van der Waals surface area contributed by atoms with Crippen molar-refractivity contribution in [2.45, 2.75) is 13.3 Å². The molecule has 0 aromatic heterocycles. The molecule has 2 aliphatic carbocycles. The molecule has 16 heavy (non-hydrogen) atoms. The molecule has 2 rings (SSSR count). The lowest BCUT2D eigenvalue weighted by Crippen LogP contribution is -2.38. The summed E-state index contributed by atoms with van der Waals surface area (Å²) in [5, 5.41) is 0. The molecule has 0 aromatic rings. The first-order valence-electron chi connectivity index (χ1n) is 5.38. The molecule has 3 unspecified atom stereocenters. The highest BCUT2D eigenvalue weighted by molar-refractivity contribution is 5.85. The Hall–Kier alpha value is -1.32. The van der Waals surface area contributed by atoms with E-state index in [1.54, 1.807) is 0 Å². The second-order valence-electron chi connectivity index (χ2n) is 4.78. The molecule has 0 radical (unpaired) electrons. The summed E-state index contributed by atoms with van der Waals surface area (Å²) in [7, 11) is 2.71. The van der Waals surface area contributed by atoms with Gasteiger partial charge in [-0.2, -0.15) is 0 Å². The van der Waals surface area contributed by atoms with Gasteiger partial charge in [-0.15, -0.1) is 0 Å². The topological polar surface area (TPSA) is 52.6 Å². The fraction of sp³-hybridized carbons (Fsp3) is 0.667. The van der Waals surface area contributed by atoms with E-state index in [9.17, 15) is 9.59 Å². The molecule has 4 atom stereocenters. The zero-order chi connectivity index (χ0) is 11.9. The smallest absolute Gasteiger partial charge is 0.310 e. The van der Waals surface area contributed by atoms with Crippen LogP contribution in [-0.4, -0.2) is 26.2 Å². The van der Waals surface area contributed by atoms with E-state index in [4.69, 9.17) is 9.47 Å². The molecule has 4 heteroatoms. The summed E-state index contributed by atoms with van der Waals surface area (Å²) in [6, 6.07) is 0. The Morgan fingerprint density at radius 1 is 1.25 bits per heavy atom. The molecule has 88 valence electrons. The van der Waals surface area contributed by atoms with Crippen LogP contribution in [0.15, 0.2) is 12.2 Å². The zero-order valence-electron chi connectivity index (χ0n) is 9.73. The van der Waals surface area contributed by atoms with Crippen LogP contribution in [0.25, 0.3) is 0 Å². The van der Waals surface area contributed by atoms with Gasteiger partial charge in [0.05, 0.1) is 26.1 Å². The van der Waals surface area contributed by atoms with Gasteiger partial charge in [0, 0.05) is 5.41 Å². The maximum absolute atomic E-state index is 11.8. The maximum atomic E-state index is 11.8. The molecule has 1 fully saturated rings. The molecule has 0 aliphatic heterocycles. The van der Waals surface area contributed by atoms with Crippen molar-refractivity contribution >= 4 is 11.9 Å². The second-order valence-corrected chi connectivity index (χ2v) is 4.78. The molecule has 0 N–H and O–H groups in total. The number of methoxy groups -OCH3 is 2. The summed E-state index contributed by atoms with van der Waals surface area (Å²) in [5.74, 6) is -1.30. The van der Waals surface area contributed by atoms with Crippen LogP contribution >= 0.6 is 0 Å². The number of hydrogen-bond donors (Lipinski definition) is 0. The first-order valence-corrected chi connectivity index (χ1v) is 5.38. The number of hydrogen-bond acceptors (Lipinski definition) is 4. The van der Waals surface area contributed by atoms with Crippen molar-refractivity contribution < 1.29 is 19.1 Å². The molecule has 0 amide bonds. The van der Waals surface area contributed by atoms with Gasteiger partial charge in [-0.05, 0) is 12.3 Å². The molecular formula is C12H16O4. The first-order chi connectivity index (χ1) is 7.53. The van der Waals surface area contributed by atoms with Gasteiger partial charge in [-0.1, -0.05) is 19.1 Å². The number of rotatable bonds is 2. The van der Waals surface area contributed by atoms with Gasteiger partial charge in [0.2, 0.25) is 0 Å². The predicted octanol–water partition coefficient (Wildman–Crippen LogP) is 1.16. The van der Waals surface area contributed by atoms with Crippen LogP contribution < -0.4 is 0 Å². The number of esters is 2. The monoisotopic (exact) mass is 224 g/mol. The first kappa shape index (κ1) is 11.2. The molecule has 4 nitrogen and oxygen atoms in total. The molecule has 0 saturated heterocycles. The Labute approximate surface area is 94.6 Å². The van der Waals surface area contributed by atoms with Gasteiger partial charge >= 0.3 is 11.9 Å². The van der Waals surface area contributed by atoms with Crippen LogP contribution in [0.2, 0.25) is 0 Å². The number of allylic oxidation sites excluding steroid dienone is 2. The van der Waals surface area contributed by atoms with Crippen LogP contribution in [0.4, 0.5) is 0 Å². The van der Waals surface area contributed by atoms with Crippen LogP contribution in [0, 0.1) is 23.2 Å². The average Bonchev–Trinajstić information content (AvgIpc) is 2.79. The molecule has 2 bridgehead atoms. The minimum Gasteiger partial charge on any atom is -0.469 e. The largest absolute Gasteiger partial charge is 0.469 e. The average molecular weight is 224 g/mol. The Balaban J connectivity index is 2.34. The SMILES string of the molecule is COC(=O)C1C(C(=O)OC)C2(C)C=C[C@H]1C2. The highest BCUT2D eigenvalue weighted by Gasteiger charge is 2.59. The van der Waals surface area contributed by atoms with Crippen molar-refractivity contribution in [1.29, 1.82) is 0 Å². The summed E-state index contributed by atoms with van der Waals surface area (Å²) < 4.78 is 9.57. The third-order valence-corrected chi connectivity index (χ3v) is 3.86. The highest BCUT2D eigenvalue weighted by Crippen LogP contribution is 2.56. The number of fused-ring (bicyclic) bond motifs is 2. The lowest BCUT2D eigenvalue weighted by Gasteiger charge is -2.29. The Morgan fingerprint density at radius 2 is 1.88 bits per heavy atom. The van der Waals surface area contributed by atoms with Gasteiger partial charge in [0.25, 0.3) is 0 Å². The summed E-state index contributed by atoms with van der Waals surface area (Å²) in [4.78, 5) is 23.5. The molecule has 1 saturated carbocycles. The summed E-state index contributed by atoms with van der Waals surface area (Å²) >= 11 is 0. The lowest BCUT2D eigenvalue weighted by atomic mass is 9.75. The normalized spacial score (nSPS) is 39.8. The van der Waals surface area contributed by atoms with Crippen molar-refractivity contribution in [3.05, 3.63) is 12.2 Å². The number of carbonyl (C=O) groups excluding carboxylic acids is 2. The molecule has 2 aliphatic rings. The van der Waals surface area contributed by atoms with E-state index < -0.39 is 5.92 Å². The van der Waals surface area contributed by atoms with E-state index >= 15 is 0 Å². The summed E-state index contributed by atoms with van der Waals surface area (Å²) in [6.45, 7) is 1.99. The standard InChI is InChI=1S/C12H16O4/c1-12-5-4-7(6-12)8(10(13)15-2)9(12)11(14)16-3/h4-5,7-9H,6H2,1-3H3/t7-,8?,9?,12?/m0/s1. The lowest BCUT2D eigenvalue weighted by molar-refractivity contribution is -0.159. The minimum atomic E-state index is -0.403. The van der Waals surface area contributed by atoms with E-state index in [0.29, 0.717) is 0 Å². The van der Waals surface area contributed by atoms with E-state index in [2.05, 4.69) is 0 Å². The van der Waals surface area contributed by atoms with Gasteiger partial charge in [0.1, 0.15) is 0 Å². The second kappa shape index (κ2) is 3.61. The van der Waals surface area contributed by atoms with Gasteiger partial charge in [-0.25, -0.2) is 0 Å². The summed E-state index contributed by atoms with van der Waals surface area (Å²) in [5.41, 5.74) is -0.253. The van der Waals surface area contributed by atoms with Crippen molar-refractivity contribution in [1.82, 2.24) is 0 Å². The van der Waals surface area contributed by atoms with Crippen molar-refractivity contribution in [2.75, 3.05) is 14.2 Å². The fourth-order valence-electron chi connectivity index (χ4n) is 3.11. The third kappa shape index (κ3) is 1.36. The quantitative estimate of drug-likeness (QED) is 0.521. The Bertz CT molecular complexity index is 360. The number of carbonyl (C=O) groups is 2.